The molecule has 0 atom stereocenters. The highest BCUT2D eigenvalue weighted by Crippen LogP contribution is 2.31. The van der Waals surface area contributed by atoms with Crippen molar-refractivity contribution in [2.45, 2.75) is 6.18 Å². The van der Waals surface area contributed by atoms with Gasteiger partial charge in [-0.1, -0.05) is 42.5 Å². The summed E-state index contributed by atoms with van der Waals surface area (Å²) in [6.07, 6.45) is -4.41. The van der Waals surface area contributed by atoms with Crippen LogP contribution in [0.15, 0.2) is 60.7 Å². The average Bonchev–Trinajstić information content (AvgIpc) is 2.71. The molecular weight excluding hydrogens is 381 g/mol. The first-order valence-corrected chi connectivity index (χ1v) is 8.80. The van der Waals surface area contributed by atoms with E-state index in [1.165, 1.54) is 17.0 Å². The molecule has 0 unspecified atom stereocenters. The highest BCUT2D eigenvalue weighted by Gasteiger charge is 2.30. The van der Waals surface area contributed by atoms with Crippen LogP contribution in [0.25, 0.3) is 22.6 Å². The first kappa shape index (κ1) is 20.3. The van der Waals surface area contributed by atoms with E-state index in [0.717, 1.165) is 17.7 Å². The number of nitrogens with one attached hydrogen (secondary N) is 1. The number of amides is 1. The van der Waals surface area contributed by atoms with Crippen LogP contribution >= 0.6 is 0 Å². The number of nitrogens with zero attached hydrogens (tertiary/aromatic N) is 3. The van der Waals surface area contributed by atoms with Gasteiger partial charge in [0.25, 0.3) is 0 Å². The SMILES string of the molecule is CN(C)C(=O)CNc1cc(-c2ccccc2)nc(-c2ccc(C(F)(F)F)cc2)n1. The van der Waals surface area contributed by atoms with E-state index < -0.39 is 11.7 Å². The summed E-state index contributed by atoms with van der Waals surface area (Å²) in [5.74, 6) is 0.532. The molecule has 1 amide bonds. The molecule has 0 aliphatic rings. The molecule has 0 saturated heterocycles. The summed E-state index contributed by atoms with van der Waals surface area (Å²) in [4.78, 5) is 22.2. The lowest BCUT2D eigenvalue weighted by Crippen LogP contribution is -2.28. The lowest BCUT2D eigenvalue weighted by atomic mass is 10.1. The Labute approximate surface area is 166 Å². The van der Waals surface area contributed by atoms with Crippen molar-refractivity contribution < 1.29 is 18.0 Å². The molecule has 0 fully saturated rings. The average molecular weight is 400 g/mol. The lowest BCUT2D eigenvalue weighted by molar-refractivity contribution is -0.137. The predicted molar refractivity (Wildman–Crippen MR) is 105 cm³/mol. The van der Waals surface area contributed by atoms with Gasteiger partial charge in [0.1, 0.15) is 5.82 Å². The van der Waals surface area contributed by atoms with Gasteiger partial charge in [-0.2, -0.15) is 13.2 Å². The van der Waals surface area contributed by atoms with Crippen LogP contribution in [0, 0.1) is 0 Å². The molecule has 1 aromatic heterocycles. The Morgan fingerprint density at radius 3 is 2.21 bits per heavy atom. The molecule has 8 heteroatoms. The number of hydrogen-bond donors (Lipinski definition) is 1. The summed E-state index contributed by atoms with van der Waals surface area (Å²) in [6, 6.07) is 15.7. The first-order chi connectivity index (χ1) is 13.7. The van der Waals surface area contributed by atoms with Crippen molar-refractivity contribution in [1.82, 2.24) is 14.9 Å². The molecule has 3 aromatic rings. The molecule has 2 aromatic carbocycles. The molecule has 150 valence electrons. The maximum atomic E-state index is 12.8. The lowest BCUT2D eigenvalue weighted by Gasteiger charge is -2.13. The Kier molecular flexibility index (Phi) is 5.81. The van der Waals surface area contributed by atoms with Gasteiger partial charge >= 0.3 is 6.18 Å². The number of aromatic nitrogens is 2. The fourth-order valence-corrected chi connectivity index (χ4v) is 2.56. The van der Waals surface area contributed by atoms with Crippen LogP contribution in [-0.2, 0) is 11.0 Å². The van der Waals surface area contributed by atoms with Crippen LogP contribution in [0.5, 0.6) is 0 Å². The summed E-state index contributed by atoms with van der Waals surface area (Å²) >= 11 is 0. The number of anilines is 1. The van der Waals surface area contributed by atoms with Crippen molar-refractivity contribution in [1.29, 1.82) is 0 Å². The minimum atomic E-state index is -4.41. The van der Waals surface area contributed by atoms with Crippen molar-refractivity contribution in [2.75, 3.05) is 26.0 Å². The number of rotatable bonds is 5. The first-order valence-electron chi connectivity index (χ1n) is 8.80. The Morgan fingerprint density at radius 2 is 1.62 bits per heavy atom. The van der Waals surface area contributed by atoms with Crippen molar-refractivity contribution in [3.63, 3.8) is 0 Å². The Morgan fingerprint density at radius 1 is 0.966 bits per heavy atom. The quantitative estimate of drug-likeness (QED) is 0.693. The summed E-state index contributed by atoms with van der Waals surface area (Å²) in [6.45, 7) is 0.0324. The number of alkyl halides is 3. The number of likely N-dealkylation sites (N-methyl/N-ethyl adjacent to an activating group) is 1. The van der Waals surface area contributed by atoms with Gasteiger partial charge in [-0.15, -0.1) is 0 Å². The fourth-order valence-electron chi connectivity index (χ4n) is 2.56. The van der Waals surface area contributed by atoms with E-state index in [1.54, 1.807) is 20.2 Å². The normalized spacial score (nSPS) is 11.2. The van der Waals surface area contributed by atoms with E-state index in [2.05, 4.69) is 15.3 Å². The molecule has 3 rings (SSSR count). The zero-order valence-corrected chi connectivity index (χ0v) is 15.9. The largest absolute Gasteiger partial charge is 0.416 e. The van der Waals surface area contributed by atoms with Crippen molar-refractivity contribution in [2.24, 2.45) is 0 Å². The standard InChI is InChI=1S/C21H19F3N4O/c1-28(2)19(29)13-25-18-12-17(14-6-4-3-5-7-14)26-20(27-18)15-8-10-16(11-9-15)21(22,23)24/h3-12H,13H2,1-2H3,(H,25,26,27). The van der Waals surface area contributed by atoms with E-state index in [-0.39, 0.29) is 18.3 Å². The fraction of sp³-hybridized carbons (Fsp3) is 0.190. The smallest absolute Gasteiger partial charge is 0.361 e. The second kappa shape index (κ2) is 8.30. The minimum absolute atomic E-state index is 0.0324. The third kappa shape index (κ3) is 5.10. The molecule has 0 radical (unpaired) electrons. The van der Waals surface area contributed by atoms with Crippen molar-refractivity contribution in [3.8, 4) is 22.6 Å². The molecule has 29 heavy (non-hydrogen) atoms. The third-order valence-corrected chi connectivity index (χ3v) is 4.19. The van der Waals surface area contributed by atoms with Crippen molar-refractivity contribution in [3.05, 3.63) is 66.2 Å². The molecule has 0 bridgehead atoms. The van der Waals surface area contributed by atoms with Gasteiger partial charge in [0.2, 0.25) is 5.91 Å². The highest BCUT2D eigenvalue weighted by atomic mass is 19.4. The maximum absolute atomic E-state index is 12.8. The second-order valence-electron chi connectivity index (χ2n) is 6.54. The van der Waals surface area contributed by atoms with E-state index >= 15 is 0 Å². The molecule has 1 heterocycles. The molecule has 1 N–H and O–H groups in total. The summed E-state index contributed by atoms with van der Waals surface area (Å²) in [5, 5.41) is 2.96. The Balaban J connectivity index is 1.99. The summed E-state index contributed by atoms with van der Waals surface area (Å²) in [5.41, 5.74) is 1.12. The van der Waals surface area contributed by atoms with Crippen LogP contribution < -0.4 is 5.32 Å². The number of carbonyl (C=O) groups is 1. The molecule has 0 spiro atoms. The summed E-state index contributed by atoms with van der Waals surface area (Å²) < 4.78 is 38.5. The molecule has 5 nitrogen and oxygen atoms in total. The number of benzene rings is 2. The van der Waals surface area contributed by atoms with Gasteiger partial charge in [0.15, 0.2) is 5.82 Å². The van der Waals surface area contributed by atoms with E-state index in [0.29, 0.717) is 17.1 Å². The van der Waals surface area contributed by atoms with Crippen LogP contribution in [0.2, 0.25) is 0 Å². The zero-order valence-electron chi connectivity index (χ0n) is 15.9. The Hall–Kier alpha value is -3.42. The Bertz CT molecular complexity index is 987. The van der Waals surface area contributed by atoms with E-state index in [9.17, 15) is 18.0 Å². The summed E-state index contributed by atoms with van der Waals surface area (Å²) in [7, 11) is 3.29. The number of halogens is 3. The molecule has 0 aliphatic carbocycles. The van der Waals surface area contributed by atoms with Crippen LogP contribution in [0.4, 0.5) is 19.0 Å². The van der Waals surface area contributed by atoms with E-state index in [1.807, 2.05) is 30.3 Å². The van der Waals surface area contributed by atoms with Crippen LogP contribution in [-0.4, -0.2) is 41.4 Å². The topological polar surface area (TPSA) is 58.1 Å². The van der Waals surface area contributed by atoms with Gasteiger partial charge in [-0.05, 0) is 12.1 Å². The van der Waals surface area contributed by atoms with Gasteiger partial charge in [0.05, 0.1) is 17.8 Å². The monoisotopic (exact) mass is 400 g/mol. The third-order valence-electron chi connectivity index (χ3n) is 4.19. The number of hydrogen-bond acceptors (Lipinski definition) is 4. The zero-order chi connectivity index (χ0) is 21.0. The van der Waals surface area contributed by atoms with Gasteiger partial charge < -0.3 is 10.2 Å². The van der Waals surface area contributed by atoms with E-state index in [4.69, 9.17) is 0 Å². The van der Waals surface area contributed by atoms with Gasteiger partial charge in [-0.25, -0.2) is 9.97 Å². The molecule has 0 saturated carbocycles. The predicted octanol–water partition coefficient (Wildman–Crippen LogP) is 4.33. The van der Waals surface area contributed by atoms with Gasteiger partial charge in [0, 0.05) is 31.3 Å². The highest BCUT2D eigenvalue weighted by molar-refractivity contribution is 5.80. The van der Waals surface area contributed by atoms with Gasteiger partial charge in [-0.3, -0.25) is 4.79 Å². The molecule has 0 aliphatic heterocycles. The number of carbonyl (C=O) groups excluding carboxylic acids is 1. The maximum Gasteiger partial charge on any atom is 0.416 e. The minimum Gasteiger partial charge on any atom is -0.361 e. The van der Waals surface area contributed by atoms with Crippen LogP contribution in [0.3, 0.4) is 0 Å². The molecular formula is C21H19F3N4O. The second-order valence-corrected chi connectivity index (χ2v) is 6.54. The van der Waals surface area contributed by atoms with Crippen LogP contribution in [0.1, 0.15) is 5.56 Å². The van der Waals surface area contributed by atoms with Crippen molar-refractivity contribution >= 4 is 11.7 Å².